The summed E-state index contributed by atoms with van der Waals surface area (Å²) in [5, 5.41) is 8.27. The Kier molecular flexibility index (Phi) is 3.60. The molecule has 1 aromatic carbocycles. The van der Waals surface area contributed by atoms with Crippen molar-refractivity contribution >= 4 is 28.7 Å². The third-order valence-electron chi connectivity index (χ3n) is 3.42. The van der Waals surface area contributed by atoms with Crippen LogP contribution in [0.2, 0.25) is 0 Å². The maximum atomic E-state index is 10.8. The van der Waals surface area contributed by atoms with E-state index in [1.165, 1.54) is 17.7 Å². The zero-order chi connectivity index (χ0) is 13.9. The maximum Gasteiger partial charge on any atom is 0.316 e. The maximum absolute atomic E-state index is 10.8. The van der Waals surface area contributed by atoms with Gasteiger partial charge >= 0.3 is 6.03 Å². The summed E-state index contributed by atoms with van der Waals surface area (Å²) in [7, 11) is 0. The van der Waals surface area contributed by atoms with Gasteiger partial charge in [-0.05, 0) is 54.5 Å². The Hall–Kier alpha value is -2.01. The van der Waals surface area contributed by atoms with Gasteiger partial charge in [-0.3, -0.25) is 0 Å². The van der Waals surface area contributed by atoms with Gasteiger partial charge in [0.05, 0.1) is 6.04 Å². The van der Waals surface area contributed by atoms with E-state index in [1.807, 2.05) is 24.3 Å². The van der Waals surface area contributed by atoms with Gasteiger partial charge in [0, 0.05) is 16.3 Å². The molecule has 1 fully saturated rings. The molecule has 1 aliphatic rings. The summed E-state index contributed by atoms with van der Waals surface area (Å²) in [5.41, 5.74) is 6.86. The van der Waals surface area contributed by atoms with Crippen LogP contribution in [0, 0.1) is 5.92 Å². The van der Waals surface area contributed by atoms with Gasteiger partial charge in [0.15, 0.2) is 0 Å². The molecule has 4 nitrogen and oxygen atoms in total. The number of hydrogen-bond donors (Lipinski definition) is 3. The Morgan fingerprint density at radius 2 is 1.90 bits per heavy atom. The van der Waals surface area contributed by atoms with Gasteiger partial charge in [0.1, 0.15) is 0 Å². The molecule has 0 saturated heterocycles. The molecule has 4 N–H and O–H groups in total. The predicted octanol–water partition coefficient (Wildman–Crippen LogP) is 3.80. The summed E-state index contributed by atoms with van der Waals surface area (Å²) in [5.74, 6) is 0.733. The van der Waals surface area contributed by atoms with E-state index in [4.69, 9.17) is 5.73 Å². The number of carbonyl (C=O) groups is 1. The first-order chi connectivity index (χ1) is 9.72. The zero-order valence-corrected chi connectivity index (χ0v) is 11.8. The van der Waals surface area contributed by atoms with Gasteiger partial charge in [-0.2, -0.15) is 0 Å². The van der Waals surface area contributed by atoms with E-state index < -0.39 is 6.03 Å². The molecule has 20 heavy (non-hydrogen) atoms. The Morgan fingerprint density at radius 1 is 1.20 bits per heavy atom. The van der Waals surface area contributed by atoms with Gasteiger partial charge in [-0.25, -0.2) is 4.79 Å². The number of urea groups is 1. The van der Waals surface area contributed by atoms with Crippen molar-refractivity contribution in [3.05, 3.63) is 46.7 Å². The number of amides is 2. The van der Waals surface area contributed by atoms with Crippen molar-refractivity contribution in [2.45, 2.75) is 18.9 Å². The molecule has 3 rings (SSSR count). The molecular weight excluding hydrogens is 270 g/mol. The number of hydrogen-bond acceptors (Lipinski definition) is 3. The SMILES string of the molecule is NC(=O)Nc1ccc(NC(c2cccs2)C2CC2)cc1. The molecule has 1 aliphatic carbocycles. The summed E-state index contributed by atoms with van der Waals surface area (Å²) >= 11 is 1.79. The van der Waals surface area contributed by atoms with Gasteiger partial charge in [0.25, 0.3) is 0 Å². The Bertz CT molecular complexity index is 576. The topological polar surface area (TPSA) is 67.2 Å². The van der Waals surface area contributed by atoms with Crippen molar-refractivity contribution in [3.63, 3.8) is 0 Å². The zero-order valence-electron chi connectivity index (χ0n) is 11.0. The van der Waals surface area contributed by atoms with Gasteiger partial charge in [-0.15, -0.1) is 11.3 Å². The lowest BCUT2D eigenvalue weighted by Gasteiger charge is -2.18. The normalized spacial score (nSPS) is 15.6. The molecule has 2 amide bonds. The first kappa shape index (κ1) is 13.0. The molecule has 0 aliphatic heterocycles. The van der Waals surface area contributed by atoms with Crippen LogP contribution in [0.1, 0.15) is 23.8 Å². The molecule has 1 aromatic heterocycles. The highest BCUT2D eigenvalue weighted by molar-refractivity contribution is 7.10. The van der Waals surface area contributed by atoms with E-state index in [0.717, 1.165) is 11.6 Å². The molecule has 0 spiro atoms. The quantitative estimate of drug-likeness (QED) is 0.783. The van der Waals surface area contributed by atoms with Crippen LogP contribution < -0.4 is 16.4 Å². The van der Waals surface area contributed by atoms with Gasteiger partial charge < -0.3 is 16.4 Å². The smallest absolute Gasteiger partial charge is 0.316 e. The second-order valence-electron chi connectivity index (χ2n) is 5.04. The van der Waals surface area contributed by atoms with E-state index in [2.05, 4.69) is 28.1 Å². The number of primary amides is 1. The number of benzene rings is 1. The highest BCUT2D eigenvalue weighted by Crippen LogP contribution is 2.44. The first-order valence-electron chi connectivity index (χ1n) is 6.69. The molecule has 1 saturated carbocycles. The number of thiophene rings is 1. The summed E-state index contributed by atoms with van der Waals surface area (Å²) in [6.45, 7) is 0. The fraction of sp³-hybridized carbons (Fsp3) is 0.267. The molecule has 1 heterocycles. The lowest BCUT2D eigenvalue weighted by Crippen LogP contribution is -2.19. The van der Waals surface area contributed by atoms with Crippen molar-refractivity contribution in [2.24, 2.45) is 11.7 Å². The van der Waals surface area contributed by atoms with Crippen LogP contribution in [0.5, 0.6) is 0 Å². The number of nitrogens with two attached hydrogens (primary N) is 1. The van der Waals surface area contributed by atoms with Crippen molar-refractivity contribution in [3.8, 4) is 0 Å². The molecule has 2 aromatic rings. The predicted molar refractivity (Wildman–Crippen MR) is 83.1 cm³/mol. The largest absolute Gasteiger partial charge is 0.377 e. The van der Waals surface area contributed by atoms with Crippen molar-refractivity contribution < 1.29 is 4.79 Å². The molecular formula is C15H17N3OS. The monoisotopic (exact) mass is 287 g/mol. The highest BCUT2D eigenvalue weighted by Gasteiger charge is 2.32. The number of rotatable bonds is 5. The number of carbonyl (C=O) groups excluding carboxylic acids is 1. The summed E-state index contributed by atoms with van der Waals surface area (Å²) < 4.78 is 0. The minimum absolute atomic E-state index is 0.393. The fourth-order valence-corrected chi connectivity index (χ4v) is 3.16. The summed E-state index contributed by atoms with van der Waals surface area (Å²) in [4.78, 5) is 12.2. The molecule has 5 heteroatoms. The molecule has 0 bridgehead atoms. The van der Waals surface area contributed by atoms with Crippen LogP contribution in [0.15, 0.2) is 41.8 Å². The van der Waals surface area contributed by atoms with Crippen LogP contribution in [-0.4, -0.2) is 6.03 Å². The number of nitrogens with one attached hydrogen (secondary N) is 2. The molecule has 1 unspecified atom stereocenters. The van der Waals surface area contributed by atoms with Crippen LogP contribution >= 0.6 is 11.3 Å². The van der Waals surface area contributed by atoms with Crippen LogP contribution in [0.3, 0.4) is 0 Å². The average molecular weight is 287 g/mol. The van der Waals surface area contributed by atoms with Crippen LogP contribution in [0.25, 0.3) is 0 Å². The highest BCUT2D eigenvalue weighted by atomic mass is 32.1. The minimum atomic E-state index is -0.542. The summed E-state index contributed by atoms with van der Waals surface area (Å²) in [6.07, 6.45) is 2.58. The lowest BCUT2D eigenvalue weighted by atomic mass is 10.1. The third kappa shape index (κ3) is 3.11. The number of anilines is 2. The second kappa shape index (κ2) is 5.54. The molecule has 0 radical (unpaired) electrons. The fourth-order valence-electron chi connectivity index (χ4n) is 2.29. The Morgan fingerprint density at radius 3 is 2.45 bits per heavy atom. The minimum Gasteiger partial charge on any atom is -0.377 e. The Balaban J connectivity index is 1.71. The van der Waals surface area contributed by atoms with E-state index in [1.54, 1.807) is 11.3 Å². The van der Waals surface area contributed by atoms with Gasteiger partial charge in [0.2, 0.25) is 0 Å². The van der Waals surface area contributed by atoms with Crippen LogP contribution in [-0.2, 0) is 0 Å². The van der Waals surface area contributed by atoms with Crippen molar-refractivity contribution in [1.29, 1.82) is 0 Å². The van der Waals surface area contributed by atoms with E-state index >= 15 is 0 Å². The standard InChI is InChI=1S/C15H17N3OS/c16-15(19)18-12-7-5-11(6-8-12)17-14(10-3-4-10)13-2-1-9-20-13/h1-2,5-10,14,17H,3-4H2,(H3,16,18,19). The van der Waals surface area contributed by atoms with E-state index in [9.17, 15) is 4.79 Å². The first-order valence-corrected chi connectivity index (χ1v) is 7.57. The molecule has 1 atom stereocenters. The van der Waals surface area contributed by atoms with E-state index in [-0.39, 0.29) is 0 Å². The third-order valence-corrected chi connectivity index (χ3v) is 4.37. The van der Waals surface area contributed by atoms with Gasteiger partial charge in [-0.1, -0.05) is 6.07 Å². The van der Waals surface area contributed by atoms with Crippen molar-refractivity contribution in [2.75, 3.05) is 10.6 Å². The van der Waals surface area contributed by atoms with E-state index in [0.29, 0.717) is 11.7 Å². The lowest BCUT2D eigenvalue weighted by molar-refractivity contribution is 0.259. The summed E-state index contributed by atoms with van der Waals surface area (Å²) in [6, 6.07) is 11.8. The van der Waals surface area contributed by atoms with Crippen molar-refractivity contribution in [1.82, 2.24) is 0 Å². The Labute approximate surface area is 122 Å². The molecule has 104 valence electrons. The van der Waals surface area contributed by atoms with Crippen LogP contribution in [0.4, 0.5) is 16.2 Å². The average Bonchev–Trinajstić information content (AvgIpc) is 3.12. The second-order valence-corrected chi connectivity index (χ2v) is 6.02.